The molecule has 0 spiro atoms. The number of hydrogen-bond acceptors (Lipinski definition) is 5. The fraction of sp³-hybridized carbons (Fsp3) is 0.125. The van der Waals surface area contributed by atoms with Crippen LogP contribution in [0.3, 0.4) is 0 Å². The molecule has 2 aromatic carbocycles. The molecular formula is C24H17F3N2O3. The van der Waals surface area contributed by atoms with Crippen LogP contribution in [0, 0.1) is 11.3 Å². The number of nitriles is 1. The normalized spacial score (nSPS) is 11.5. The van der Waals surface area contributed by atoms with Gasteiger partial charge < -0.3 is 9.47 Å². The van der Waals surface area contributed by atoms with Gasteiger partial charge in [0.05, 0.1) is 29.5 Å². The van der Waals surface area contributed by atoms with Gasteiger partial charge in [-0.3, -0.25) is 4.98 Å². The predicted octanol–water partition coefficient (Wildman–Crippen LogP) is 5.53. The van der Waals surface area contributed by atoms with Crippen LogP contribution in [-0.2, 0) is 17.5 Å². The molecule has 0 aliphatic rings. The Morgan fingerprint density at radius 1 is 1.06 bits per heavy atom. The smallest absolute Gasteiger partial charge is 0.417 e. The van der Waals surface area contributed by atoms with Crippen LogP contribution in [0.4, 0.5) is 13.2 Å². The summed E-state index contributed by atoms with van der Waals surface area (Å²) in [5, 5.41) is 9.37. The number of carbonyl (C=O) groups excluding carboxylic acids is 1. The Bertz CT molecular complexity index is 1150. The second-order valence-corrected chi connectivity index (χ2v) is 6.65. The number of ether oxygens (including phenoxy) is 2. The van der Waals surface area contributed by atoms with Crippen LogP contribution < -0.4 is 4.74 Å². The van der Waals surface area contributed by atoms with Crippen LogP contribution in [0.25, 0.3) is 11.6 Å². The lowest BCUT2D eigenvalue weighted by Gasteiger charge is -2.08. The van der Waals surface area contributed by atoms with Crippen molar-refractivity contribution in [3.8, 4) is 11.8 Å². The molecule has 0 amide bonds. The highest BCUT2D eigenvalue weighted by Crippen LogP contribution is 2.29. The molecule has 1 aromatic heterocycles. The second-order valence-electron chi connectivity index (χ2n) is 6.65. The number of carbonyl (C=O) groups is 1. The fourth-order valence-electron chi connectivity index (χ4n) is 2.73. The molecule has 0 bridgehead atoms. The molecule has 0 atom stereocenters. The molecule has 1 heterocycles. The van der Waals surface area contributed by atoms with Crippen molar-refractivity contribution in [3.63, 3.8) is 0 Å². The highest BCUT2D eigenvalue weighted by molar-refractivity contribution is 5.89. The average molecular weight is 438 g/mol. The van der Waals surface area contributed by atoms with E-state index in [1.807, 2.05) is 6.07 Å². The first kappa shape index (κ1) is 22.6. The van der Waals surface area contributed by atoms with Gasteiger partial charge in [0.25, 0.3) is 0 Å². The number of alkyl halides is 3. The molecule has 5 nitrogen and oxygen atoms in total. The lowest BCUT2D eigenvalue weighted by atomic mass is 10.1. The number of methoxy groups -OCH3 is 1. The summed E-state index contributed by atoms with van der Waals surface area (Å²) in [5.41, 5.74) is 1.39. The van der Waals surface area contributed by atoms with E-state index in [1.54, 1.807) is 48.5 Å². The predicted molar refractivity (Wildman–Crippen MR) is 111 cm³/mol. The van der Waals surface area contributed by atoms with Crippen molar-refractivity contribution in [1.29, 1.82) is 5.26 Å². The van der Waals surface area contributed by atoms with Gasteiger partial charge in [-0.1, -0.05) is 24.3 Å². The van der Waals surface area contributed by atoms with Gasteiger partial charge in [0.15, 0.2) is 0 Å². The molecular weight excluding hydrogens is 421 g/mol. The first-order valence-corrected chi connectivity index (χ1v) is 9.35. The van der Waals surface area contributed by atoms with E-state index in [2.05, 4.69) is 9.72 Å². The third-order valence-corrected chi connectivity index (χ3v) is 4.46. The van der Waals surface area contributed by atoms with Gasteiger partial charge in [-0.25, -0.2) is 4.79 Å². The van der Waals surface area contributed by atoms with E-state index in [0.717, 1.165) is 11.6 Å². The van der Waals surface area contributed by atoms with E-state index in [9.17, 15) is 23.2 Å². The molecule has 8 heteroatoms. The van der Waals surface area contributed by atoms with Gasteiger partial charge in [0.1, 0.15) is 18.4 Å². The van der Waals surface area contributed by atoms with Crippen molar-refractivity contribution in [2.45, 2.75) is 12.8 Å². The Balaban J connectivity index is 1.66. The van der Waals surface area contributed by atoms with E-state index in [4.69, 9.17) is 4.74 Å². The Morgan fingerprint density at radius 3 is 2.28 bits per heavy atom. The molecule has 0 N–H and O–H groups in total. The van der Waals surface area contributed by atoms with Crippen molar-refractivity contribution in [2.75, 3.05) is 7.11 Å². The van der Waals surface area contributed by atoms with Gasteiger partial charge in [-0.05, 0) is 53.6 Å². The lowest BCUT2D eigenvalue weighted by molar-refractivity contribution is -0.137. The third-order valence-electron chi connectivity index (χ3n) is 4.46. The summed E-state index contributed by atoms with van der Waals surface area (Å²) in [6.45, 7) is 0.287. The monoisotopic (exact) mass is 438 g/mol. The number of halogens is 3. The SMILES string of the molecule is COC(=O)c1ccc(COc2ccc(/C=C(\C#N)c3ccc(C(F)(F)F)cn3)cc2)cc1. The van der Waals surface area contributed by atoms with Crippen LogP contribution >= 0.6 is 0 Å². The van der Waals surface area contributed by atoms with Crippen molar-refractivity contribution in [2.24, 2.45) is 0 Å². The van der Waals surface area contributed by atoms with Gasteiger partial charge in [0.2, 0.25) is 0 Å². The summed E-state index contributed by atoms with van der Waals surface area (Å²) in [5.74, 6) is 0.176. The van der Waals surface area contributed by atoms with E-state index in [0.29, 0.717) is 23.1 Å². The van der Waals surface area contributed by atoms with Crippen LogP contribution in [0.1, 0.15) is 32.7 Å². The van der Waals surface area contributed by atoms with Gasteiger partial charge in [0, 0.05) is 6.20 Å². The van der Waals surface area contributed by atoms with Gasteiger partial charge in [-0.15, -0.1) is 0 Å². The first-order valence-electron chi connectivity index (χ1n) is 9.35. The number of hydrogen-bond donors (Lipinski definition) is 0. The van der Waals surface area contributed by atoms with E-state index in [1.165, 1.54) is 19.3 Å². The van der Waals surface area contributed by atoms with Crippen molar-refractivity contribution >= 4 is 17.6 Å². The van der Waals surface area contributed by atoms with E-state index < -0.39 is 17.7 Å². The minimum absolute atomic E-state index is 0.137. The molecule has 0 aliphatic heterocycles. The zero-order valence-corrected chi connectivity index (χ0v) is 16.9. The van der Waals surface area contributed by atoms with Crippen LogP contribution in [0.5, 0.6) is 5.75 Å². The summed E-state index contributed by atoms with van der Waals surface area (Å²) in [7, 11) is 1.32. The number of aromatic nitrogens is 1. The Labute approximate surface area is 182 Å². The standard InChI is InChI=1S/C24H17F3N2O3/c1-31-23(30)18-6-2-17(3-7-18)15-32-21-9-4-16(5-10-21)12-19(13-28)22-11-8-20(14-29-22)24(25,26)27/h2-12,14H,15H2,1H3/b19-12+. The molecule has 0 aliphatic carbocycles. The number of rotatable bonds is 6. The van der Waals surface area contributed by atoms with Crippen LogP contribution in [0.15, 0.2) is 66.9 Å². The van der Waals surface area contributed by atoms with Crippen LogP contribution in [-0.4, -0.2) is 18.1 Å². The minimum Gasteiger partial charge on any atom is -0.489 e. The molecule has 0 radical (unpaired) electrons. The molecule has 3 aromatic rings. The summed E-state index contributed by atoms with van der Waals surface area (Å²) in [4.78, 5) is 15.2. The molecule has 0 saturated carbocycles. The summed E-state index contributed by atoms with van der Waals surface area (Å²) in [6.07, 6.45) is -2.25. The summed E-state index contributed by atoms with van der Waals surface area (Å²) >= 11 is 0. The molecule has 0 saturated heterocycles. The zero-order chi connectivity index (χ0) is 23.1. The lowest BCUT2D eigenvalue weighted by Crippen LogP contribution is -2.05. The van der Waals surface area contributed by atoms with E-state index in [-0.39, 0.29) is 17.9 Å². The Kier molecular flexibility index (Phi) is 6.90. The Morgan fingerprint density at radius 2 is 1.75 bits per heavy atom. The number of nitrogens with zero attached hydrogens (tertiary/aromatic N) is 2. The van der Waals surface area contributed by atoms with Crippen molar-refractivity contribution < 1.29 is 27.4 Å². The summed E-state index contributed by atoms with van der Waals surface area (Å²) < 4.78 is 48.4. The number of allylic oxidation sites excluding steroid dienone is 1. The summed E-state index contributed by atoms with van der Waals surface area (Å²) in [6, 6.07) is 17.7. The maximum atomic E-state index is 12.7. The number of benzene rings is 2. The minimum atomic E-state index is -4.48. The average Bonchev–Trinajstić information content (AvgIpc) is 2.81. The largest absolute Gasteiger partial charge is 0.489 e. The molecule has 3 rings (SSSR count). The molecule has 0 unspecified atom stereocenters. The van der Waals surface area contributed by atoms with Gasteiger partial charge in [-0.2, -0.15) is 18.4 Å². The van der Waals surface area contributed by atoms with Crippen molar-refractivity contribution in [3.05, 3.63) is 94.8 Å². The third kappa shape index (κ3) is 5.73. The van der Waals surface area contributed by atoms with E-state index >= 15 is 0 Å². The molecule has 32 heavy (non-hydrogen) atoms. The molecule has 0 fully saturated rings. The zero-order valence-electron chi connectivity index (χ0n) is 16.9. The maximum absolute atomic E-state index is 12.7. The first-order chi connectivity index (χ1) is 15.3. The fourth-order valence-corrected chi connectivity index (χ4v) is 2.73. The second kappa shape index (κ2) is 9.79. The quantitative estimate of drug-likeness (QED) is 0.374. The highest BCUT2D eigenvalue weighted by Gasteiger charge is 2.30. The van der Waals surface area contributed by atoms with Gasteiger partial charge >= 0.3 is 12.1 Å². The number of esters is 1. The molecule has 162 valence electrons. The van der Waals surface area contributed by atoms with Crippen LogP contribution in [0.2, 0.25) is 0 Å². The number of pyridine rings is 1. The topological polar surface area (TPSA) is 72.2 Å². The Hall–Kier alpha value is -4.12. The highest BCUT2D eigenvalue weighted by atomic mass is 19.4. The van der Waals surface area contributed by atoms with Crippen molar-refractivity contribution in [1.82, 2.24) is 4.98 Å². The maximum Gasteiger partial charge on any atom is 0.417 e.